The molecule has 0 unspecified atom stereocenters. The SMILES string of the molecule is Nc1cnc(Oc2cccnc2)c(C(=O)O)c1. The normalized spacial score (nSPS) is 9.88. The van der Waals surface area contributed by atoms with E-state index in [-0.39, 0.29) is 17.1 Å². The molecule has 2 rings (SSSR count). The number of carbonyl (C=O) groups is 1. The van der Waals surface area contributed by atoms with Gasteiger partial charge in [0.25, 0.3) is 0 Å². The molecule has 2 aromatic heterocycles. The molecule has 0 fully saturated rings. The number of ether oxygens (including phenoxy) is 1. The Morgan fingerprint density at radius 1 is 1.41 bits per heavy atom. The highest BCUT2D eigenvalue weighted by Gasteiger charge is 2.14. The van der Waals surface area contributed by atoms with E-state index in [9.17, 15) is 4.79 Å². The zero-order valence-corrected chi connectivity index (χ0v) is 8.70. The molecule has 17 heavy (non-hydrogen) atoms. The molecule has 0 aliphatic rings. The minimum atomic E-state index is -1.15. The Labute approximate surface area is 96.7 Å². The molecule has 0 amide bonds. The number of nitrogens with zero attached hydrogens (tertiary/aromatic N) is 2. The lowest BCUT2D eigenvalue weighted by molar-refractivity contribution is 0.0693. The van der Waals surface area contributed by atoms with Crippen molar-refractivity contribution in [2.75, 3.05) is 5.73 Å². The molecule has 0 saturated heterocycles. The molecule has 0 atom stereocenters. The van der Waals surface area contributed by atoms with E-state index < -0.39 is 5.97 Å². The van der Waals surface area contributed by atoms with Crippen molar-refractivity contribution in [1.29, 1.82) is 0 Å². The monoisotopic (exact) mass is 231 g/mol. The number of pyridine rings is 2. The summed E-state index contributed by atoms with van der Waals surface area (Å²) in [5.74, 6) is -0.754. The summed E-state index contributed by atoms with van der Waals surface area (Å²) in [6.07, 6.45) is 4.38. The van der Waals surface area contributed by atoms with E-state index in [1.54, 1.807) is 18.3 Å². The Hall–Kier alpha value is -2.63. The fraction of sp³-hybridized carbons (Fsp3) is 0. The zero-order chi connectivity index (χ0) is 12.3. The standard InChI is InChI=1S/C11H9N3O3/c12-7-4-9(11(15)16)10(14-5-7)17-8-2-1-3-13-6-8/h1-6H,12H2,(H,15,16). The maximum Gasteiger partial charge on any atom is 0.341 e. The summed E-state index contributed by atoms with van der Waals surface area (Å²) in [6.45, 7) is 0. The maximum atomic E-state index is 11.0. The average Bonchev–Trinajstić information content (AvgIpc) is 2.32. The number of aromatic nitrogens is 2. The van der Waals surface area contributed by atoms with Gasteiger partial charge in [-0.3, -0.25) is 4.98 Å². The van der Waals surface area contributed by atoms with Crippen LogP contribution in [0.1, 0.15) is 10.4 Å². The molecular weight excluding hydrogens is 222 g/mol. The van der Waals surface area contributed by atoms with E-state index in [1.807, 2.05) is 0 Å². The number of aromatic carboxylic acids is 1. The van der Waals surface area contributed by atoms with Gasteiger partial charge in [-0.2, -0.15) is 0 Å². The number of rotatable bonds is 3. The Bertz CT molecular complexity index is 543. The fourth-order valence-corrected chi connectivity index (χ4v) is 1.22. The Morgan fingerprint density at radius 2 is 2.24 bits per heavy atom. The van der Waals surface area contributed by atoms with Crippen LogP contribution in [0.5, 0.6) is 11.6 Å². The lowest BCUT2D eigenvalue weighted by atomic mass is 10.2. The van der Waals surface area contributed by atoms with E-state index in [0.29, 0.717) is 5.75 Å². The predicted octanol–water partition coefficient (Wildman–Crippen LogP) is 1.55. The van der Waals surface area contributed by atoms with Crippen LogP contribution >= 0.6 is 0 Å². The van der Waals surface area contributed by atoms with Gasteiger partial charge in [0.1, 0.15) is 11.3 Å². The van der Waals surface area contributed by atoms with Crippen LogP contribution in [0.2, 0.25) is 0 Å². The summed E-state index contributed by atoms with van der Waals surface area (Å²) in [7, 11) is 0. The van der Waals surface area contributed by atoms with Crippen LogP contribution < -0.4 is 10.5 Å². The van der Waals surface area contributed by atoms with E-state index in [1.165, 1.54) is 18.5 Å². The Kier molecular flexibility index (Phi) is 2.87. The van der Waals surface area contributed by atoms with E-state index in [0.717, 1.165) is 0 Å². The minimum Gasteiger partial charge on any atom is -0.477 e. The smallest absolute Gasteiger partial charge is 0.341 e. The van der Waals surface area contributed by atoms with E-state index >= 15 is 0 Å². The van der Waals surface area contributed by atoms with Crippen molar-refractivity contribution in [3.8, 4) is 11.6 Å². The number of hydrogen-bond donors (Lipinski definition) is 2. The molecular formula is C11H9N3O3. The van der Waals surface area contributed by atoms with Gasteiger partial charge in [-0.25, -0.2) is 9.78 Å². The Morgan fingerprint density at radius 3 is 2.88 bits per heavy atom. The number of nitrogens with two attached hydrogens (primary N) is 1. The minimum absolute atomic E-state index is 0.0142. The van der Waals surface area contributed by atoms with Crippen LogP contribution in [0.3, 0.4) is 0 Å². The molecule has 3 N–H and O–H groups in total. The molecule has 86 valence electrons. The quantitative estimate of drug-likeness (QED) is 0.831. The maximum absolute atomic E-state index is 11.0. The third-order valence-corrected chi connectivity index (χ3v) is 1.95. The molecule has 6 nitrogen and oxygen atoms in total. The van der Waals surface area contributed by atoms with Crippen LogP contribution in [0, 0.1) is 0 Å². The molecule has 0 aliphatic heterocycles. The van der Waals surface area contributed by atoms with Crippen molar-refractivity contribution in [3.63, 3.8) is 0 Å². The first kappa shape index (κ1) is 10.9. The second-order valence-electron chi connectivity index (χ2n) is 3.22. The zero-order valence-electron chi connectivity index (χ0n) is 8.70. The van der Waals surface area contributed by atoms with Crippen LogP contribution in [-0.2, 0) is 0 Å². The first-order chi connectivity index (χ1) is 8.16. The van der Waals surface area contributed by atoms with Crippen LogP contribution in [0.25, 0.3) is 0 Å². The number of anilines is 1. The van der Waals surface area contributed by atoms with Crippen LogP contribution in [0.15, 0.2) is 36.8 Å². The van der Waals surface area contributed by atoms with Crippen molar-refractivity contribution in [3.05, 3.63) is 42.4 Å². The summed E-state index contributed by atoms with van der Waals surface area (Å²) in [5.41, 5.74) is 5.64. The van der Waals surface area contributed by atoms with Gasteiger partial charge in [0.05, 0.1) is 18.1 Å². The number of carboxylic acids is 1. The molecule has 0 saturated carbocycles. The second kappa shape index (κ2) is 4.48. The predicted molar refractivity (Wildman–Crippen MR) is 59.9 cm³/mol. The molecule has 0 aromatic carbocycles. The van der Waals surface area contributed by atoms with Gasteiger partial charge < -0.3 is 15.6 Å². The first-order valence-electron chi connectivity index (χ1n) is 4.73. The highest BCUT2D eigenvalue weighted by molar-refractivity contribution is 5.91. The summed E-state index contributed by atoms with van der Waals surface area (Å²) >= 11 is 0. The summed E-state index contributed by atoms with van der Waals surface area (Å²) < 4.78 is 5.32. The van der Waals surface area contributed by atoms with Crippen molar-refractivity contribution in [2.45, 2.75) is 0 Å². The molecule has 0 bridgehead atoms. The molecule has 2 heterocycles. The Balaban J connectivity index is 2.36. The third kappa shape index (κ3) is 2.49. The fourth-order valence-electron chi connectivity index (χ4n) is 1.22. The van der Waals surface area contributed by atoms with E-state index in [2.05, 4.69) is 9.97 Å². The highest BCUT2D eigenvalue weighted by Crippen LogP contribution is 2.23. The van der Waals surface area contributed by atoms with Crippen LogP contribution in [0.4, 0.5) is 5.69 Å². The van der Waals surface area contributed by atoms with Crippen molar-refractivity contribution in [1.82, 2.24) is 9.97 Å². The molecule has 2 aromatic rings. The molecule has 0 radical (unpaired) electrons. The van der Waals surface area contributed by atoms with Gasteiger partial charge in [-0.1, -0.05) is 0 Å². The van der Waals surface area contributed by atoms with Gasteiger partial charge in [0, 0.05) is 6.20 Å². The van der Waals surface area contributed by atoms with E-state index in [4.69, 9.17) is 15.6 Å². The van der Waals surface area contributed by atoms with Gasteiger partial charge in [-0.05, 0) is 18.2 Å². The van der Waals surface area contributed by atoms with Crippen molar-refractivity contribution in [2.24, 2.45) is 0 Å². The summed E-state index contributed by atoms with van der Waals surface area (Å²) in [5, 5.41) is 8.98. The second-order valence-corrected chi connectivity index (χ2v) is 3.22. The topological polar surface area (TPSA) is 98.3 Å². The molecule has 6 heteroatoms. The molecule has 0 aliphatic carbocycles. The van der Waals surface area contributed by atoms with Gasteiger partial charge in [0.15, 0.2) is 0 Å². The highest BCUT2D eigenvalue weighted by atomic mass is 16.5. The van der Waals surface area contributed by atoms with Gasteiger partial charge in [-0.15, -0.1) is 0 Å². The lowest BCUT2D eigenvalue weighted by Gasteiger charge is -2.07. The summed E-state index contributed by atoms with van der Waals surface area (Å²) in [6, 6.07) is 4.62. The van der Waals surface area contributed by atoms with Gasteiger partial charge in [0.2, 0.25) is 5.88 Å². The average molecular weight is 231 g/mol. The number of nitrogen functional groups attached to an aromatic ring is 1. The van der Waals surface area contributed by atoms with Gasteiger partial charge >= 0.3 is 5.97 Å². The number of hydrogen-bond acceptors (Lipinski definition) is 5. The van der Waals surface area contributed by atoms with Crippen LogP contribution in [-0.4, -0.2) is 21.0 Å². The van der Waals surface area contributed by atoms with Crippen molar-refractivity contribution >= 4 is 11.7 Å². The lowest BCUT2D eigenvalue weighted by Crippen LogP contribution is -2.03. The summed E-state index contributed by atoms with van der Waals surface area (Å²) in [4.78, 5) is 18.7. The largest absolute Gasteiger partial charge is 0.477 e. The third-order valence-electron chi connectivity index (χ3n) is 1.95. The van der Waals surface area contributed by atoms with Crippen molar-refractivity contribution < 1.29 is 14.6 Å². The number of carboxylic acid groups (broad SMARTS) is 1. The molecule has 0 spiro atoms. The first-order valence-corrected chi connectivity index (χ1v) is 4.73.